The highest BCUT2D eigenvalue weighted by molar-refractivity contribution is 7.09. The first-order valence-electron chi connectivity index (χ1n) is 6.20. The van der Waals surface area contributed by atoms with Gasteiger partial charge in [-0.1, -0.05) is 32.4 Å². The summed E-state index contributed by atoms with van der Waals surface area (Å²) in [5, 5.41) is 3.19. The van der Waals surface area contributed by atoms with Crippen molar-refractivity contribution >= 4 is 28.8 Å². The molecule has 2 aromatic heterocycles. The third-order valence-corrected chi connectivity index (χ3v) is 3.70. The maximum atomic E-state index is 12.2. The van der Waals surface area contributed by atoms with Crippen LogP contribution in [0.1, 0.15) is 41.7 Å². The van der Waals surface area contributed by atoms with Gasteiger partial charge in [-0.15, -0.1) is 11.3 Å². The Bertz CT molecular complexity index is 605. The molecule has 0 unspecified atom stereocenters. The van der Waals surface area contributed by atoms with Crippen LogP contribution in [0.25, 0.3) is 0 Å². The van der Waals surface area contributed by atoms with Gasteiger partial charge in [-0.25, -0.2) is 4.98 Å². The number of pyridine rings is 1. The lowest BCUT2D eigenvalue weighted by molar-refractivity contribution is 0.0951. The van der Waals surface area contributed by atoms with E-state index in [1.807, 2.05) is 20.8 Å². The molecule has 1 N–H and O–H groups in total. The number of thiazole rings is 1. The Labute approximate surface area is 127 Å². The zero-order valence-electron chi connectivity index (χ0n) is 11.6. The molecule has 4 nitrogen and oxygen atoms in total. The summed E-state index contributed by atoms with van der Waals surface area (Å²) in [6.07, 6.45) is 1.74. The quantitative estimate of drug-likeness (QED) is 0.884. The molecule has 2 aromatic rings. The van der Waals surface area contributed by atoms with Crippen LogP contribution < -0.4 is 5.32 Å². The van der Waals surface area contributed by atoms with Crippen molar-refractivity contribution < 1.29 is 4.79 Å². The minimum atomic E-state index is -0.159. The number of carbonyl (C=O) groups is 1. The topological polar surface area (TPSA) is 54.9 Å². The number of aromatic nitrogens is 2. The van der Waals surface area contributed by atoms with Crippen molar-refractivity contribution in [2.24, 2.45) is 0 Å². The highest BCUT2D eigenvalue weighted by atomic mass is 35.5. The fraction of sp³-hybridized carbons (Fsp3) is 0.357. The number of hydrogen-bond acceptors (Lipinski definition) is 4. The number of rotatable bonds is 3. The summed E-state index contributed by atoms with van der Waals surface area (Å²) in [7, 11) is 0. The predicted molar refractivity (Wildman–Crippen MR) is 81.2 cm³/mol. The molecule has 2 rings (SSSR count). The second-order valence-corrected chi connectivity index (χ2v) is 6.82. The minimum Gasteiger partial charge on any atom is -0.347 e. The van der Waals surface area contributed by atoms with Gasteiger partial charge in [0.2, 0.25) is 0 Å². The van der Waals surface area contributed by atoms with Crippen molar-refractivity contribution in [3.05, 3.63) is 45.1 Å². The van der Waals surface area contributed by atoms with Crippen molar-refractivity contribution in [2.75, 3.05) is 0 Å². The second kappa shape index (κ2) is 5.89. The van der Waals surface area contributed by atoms with E-state index in [0.717, 1.165) is 10.6 Å². The largest absolute Gasteiger partial charge is 0.347 e. The van der Waals surface area contributed by atoms with Gasteiger partial charge >= 0.3 is 0 Å². The third-order valence-electron chi connectivity index (χ3n) is 2.73. The first kappa shape index (κ1) is 14.9. The van der Waals surface area contributed by atoms with Gasteiger partial charge in [0, 0.05) is 27.7 Å². The average Bonchev–Trinajstić information content (AvgIpc) is 2.87. The maximum absolute atomic E-state index is 12.2. The highest BCUT2D eigenvalue weighted by Gasteiger charge is 2.18. The molecule has 0 aliphatic rings. The zero-order chi connectivity index (χ0) is 14.8. The van der Waals surface area contributed by atoms with Gasteiger partial charge < -0.3 is 5.32 Å². The van der Waals surface area contributed by atoms with Crippen molar-refractivity contribution in [3.63, 3.8) is 0 Å². The summed E-state index contributed by atoms with van der Waals surface area (Å²) < 4.78 is 0. The van der Waals surface area contributed by atoms with E-state index in [9.17, 15) is 4.79 Å². The Balaban J connectivity index is 2.15. The van der Waals surface area contributed by atoms with E-state index in [-0.39, 0.29) is 11.3 Å². The average molecular weight is 310 g/mol. The summed E-state index contributed by atoms with van der Waals surface area (Å²) in [6, 6.07) is 3.37. The molecular formula is C14H16ClN3OS. The molecule has 0 saturated heterocycles. The molecule has 0 aliphatic carbocycles. The van der Waals surface area contributed by atoms with Crippen molar-refractivity contribution in [2.45, 2.75) is 32.7 Å². The maximum Gasteiger partial charge on any atom is 0.251 e. The SMILES string of the molecule is CC(C)(C)c1cc(C(=O)NCc2cncs2)cc(Cl)n1. The van der Waals surface area contributed by atoms with Gasteiger partial charge in [-0.3, -0.25) is 9.78 Å². The molecule has 0 saturated carbocycles. The van der Waals surface area contributed by atoms with Gasteiger partial charge in [0.05, 0.1) is 12.1 Å². The number of nitrogens with one attached hydrogen (secondary N) is 1. The van der Waals surface area contributed by atoms with Gasteiger partial charge in [0.15, 0.2) is 0 Å². The summed E-state index contributed by atoms with van der Waals surface area (Å²) >= 11 is 7.51. The summed E-state index contributed by atoms with van der Waals surface area (Å²) in [5.41, 5.74) is 2.91. The van der Waals surface area contributed by atoms with Crippen molar-refractivity contribution in [1.82, 2.24) is 15.3 Å². The molecule has 1 amide bonds. The lowest BCUT2D eigenvalue weighted by Crippen LogP contribution is -2.23. The van der Waals surface area contributed by atoms with Crippen LogP contribution >= 0.6 is 22.9 Å². The summed E-state index contributed by atoms with van der Waals surface area (Å²) in [6.45, 7) is 6.56. The molecular weight excluding hydrogens is 294 g/mol. The minimum absolute atomic E-state index is 0.155. The van der Waals surface area contributed by atoms with Crippen LogP contribution in [-0.4, -0.2) is 15.9 Å². The van der Waals surface area contributed by atoms with Gasteiger partial charge in [-0.2, -0.15) is 0 Å². The van der Waals surface area contributed by atoms with E-state index in [2.05, 4.69) is 15.3 Å². The molecule has 2 heterocycles. The van der Waals surface area contributed by atoms with E-state index < -0.39 is 0 Å². The predicted octanol–water partition coefficient (Wildman–Crippen LogP) is 3.42. The lowest BCUT2D eigenvalue weighted by atomic mass is 9.91. The molecule has 0 aliphatic heterocycles. The highest BCUT2D eigenvalue weighted by Crippen LogP contribution is 2.23. The molecule has 0 spiro atoms. The molecule has 0 fully saturated rings. The van der Waals surface area contributed by atoms with Gasteiger partial charge in [0.1, 0.15) is 5.15 Å². The van der Waals surface area contributed by atoms with Crippen LogP contribution in [0.3, 0.4) is 0 Å². The van der Waals surface area contributed by atoms with Crippen molar-refractivity contribution in [1.29, 1.82) is 0 Å². The Kier molecular flexibility index (Phi) is 4.40. The molecule has 6 heteroatoms. The Morgan fingerprint density at radius 3 is 2.75 bits per heavy atom. The second-order valence-electron chi connectivity index (χ2n) is 5.46. The smallest absolute Gasteiger partial charge is 0.251 e. The van der Waals surface area contributed by atoms with E-state index in [0.29, 0.717) is 17.3 Å². The first-order valence-corrected chi connectivity index (χ1v) is 7.45. The summed E-state index contributed by atoms with van der Waals surface area (Å²) in [5.74, 6) is -0.159. The molecule has 0 aromatic carbocycles. The summed E-state index contributed by atoms with van der Waals surface area (Å²) in [4.78, 5) is 21.4. The third kappa shape index (κ3) is 3.77. The van der Waals surface area contributed by atoms with E-state index >= 15 is 0 Å². The van der Waals surface area contributed by atoms with Crippen molar-refractivity contribution in [3.8, 4) is 0 Å². The van der Waals surface area contributed by atoms with Crippen LogP contribution in [-0.2, 0) is 12.0 Å². The fourth-order valence-corrected chi connectivity index (χ4v) is 2.35. The van der Waals surface area contributed by atoms with E-state index in [1.54, 1.807) is 23.8 Å². The monoisotopic (exact) mass is 309 g/mol. The van der Waals surface area contributed by atoms with Gasteiger partial charge in [0.25, 0.3) is 5.91 Å². The number of hydrogen-bond donors (Lipinski definition) is 1. The van der Waals surface area contributed by atoms with E-state index in [1.165, 1.54) is 11.3 Å². The fourth-order valence-electron chi connectivity index (χ4n) is 1.61. The van der Waals surface area contributed by atoms with Gasteiger partial charge in [-0.05, 0) is 12.1 Å². The lowest BCUT2D eigenvalue weighted by Gasteiger charge is -2.18. The molecule has 0 bridgehead atoms. The zero-order valence-corrected chi connectivity index (χ0v) is 13.2. The van der Waals surface area contributed by atoms with Crippen LogP contribution in [0.2, 0.25) is 5.15 Å². The molecule has 106 valence electrons. The van der Waals surface area contributed by atoms with Crippen LogP contribution in [0, 0.1) is 0 Å². The van der Waals surface area contributed by atoms with E-state index in [4.69, 9.17) is 11.6 Å². The van der Waals surface area contributed by atoms with Crippen LogP contribution in [0.5, 0.6) is 0 Å². The molecule has 0 atom stereocenters. The Morgan fingerprint density at radius 2 is 2.15 bits per heavy atom. The number of nitrogens with zero attached hydrogens (tertiary/aromatic N) is 2. The first-order chi connectivity index (χ1) is 9.36. The van der Waals surface area contributed by atoms with Crippen LogP contribution in [0.15, 0.2) is 23.8 Å². The normalized spacial score (nSPS) is 11.4. The molecule has 0 radical (unpaired) electrons. The Hall–Kier alpha value is -1.46. The Morgan fingerprint density at radius 1 is 1.40 bits per heavy atom. The number of amides is 1. The molecule has 20 heavy (non-hydrogen) atoms. The van der Waals surface area contributed by atoms with Crippen LogP contribution in [0.4, 0.5) is 0 Å². The standard InChI is InChI=1S/C14H16ClN3OS/c1-14(2,3)11-4-9(5-12(15)18-11)13(19)17-7-10-6-16-8-20-10/h4-6,8H,7H2,1-3H3,(H,17,19). The number of carbonyl (C=O) groups excluding carboxylic acids is 1. The number of halogens is 1.